The average Bonchev–Trinajstić information content (AvgIpc) is 1.55. The van der Waals surface area contributed by atoms with Gasteiger partial charge in [-0.3, -0.25) is 4.55 Å². The Morgan fingerprint density at radius 1 is 1.15 bits per heavy atom. The SMILES string of the molecule is C[Si](C)(C)CCCS(=O)(=O)O.[NaH].[NaH]. The van der Waals surface area contributed by atoms with Crippen molar-refractivity contribution in [3.8, 4) is 0 Å². The molecule has 1 N–H and O–H groups in total. The van der Waals surface area contributed by atoms with Crippen molar-refractivity contribution in [1.29, 1.82) is 0 Å². The van der Waals surface area contributed by atoms with E-state index in [1.165, 1.54) is 0 Å². The van der Waals surface area contributed by atoms with Crippen molar-refractivity contribution in [2.24, 2.45) is 0 Å². The first-order valence-electron chi connectivity index (χ1n) is 3.66. The first kappa shape index (κ1) is 20.5. The Morgan fingerprint density at radius 2 is 1.54 bits per heavy atom. The van der Waals surface area contributed by atoms with Gasteiger partial charge in [-0.05, 0) is 6.42 Å². The summed E-state index contributed by atoms with van der Waals surface area (Å²) in [5.41, 5.74) is 0. The Balaban J connectivity index is -0.000000500. The number of hydrogen-bond donors (Lipinski definition) is 1. The molecule has 0 saturated carbocycles. The molecule has 0 heterocycles. The summed E-state index contributed by atoms with van der Waals surface area (Å²) in [6.45, 7) is 6.53. The Hall–Kier alpha value is 2.13. The van der Waals surface area contributed by atoms with Gasteiger partial charge in [0.1, 0.15) is 0 Å². The van der Waals surface area contributed by atoms with E-state index in [4.69, 9.17) is 4.55 Å². The molecular weight excluding hydrogens is 226 g/mol. The monoisotopic (exact) mass is 244 g/mol. The molecule has 72 valence electrons. The molecule has 0 bridgehead atoms. The predicted molar refractivity (Wildman–Crippen MR) is 63.5 cm³/mol. The summed E-state index contributed by atoms with van der Waals surface area (Å²) in [6, 6.07) is 0.951. The van der Waals surface area contributed by atoms with Crippen LogP contribution in [0, 0.1) is 0 Å². The van der Waals surface area contributed by atoms with E-state index < -0.39 is 18.2 Å². The normalized spacial score (nSPS) is 11.4. The zero-order chi connectivity index (χ0) is 9.12. The van der Waals surface area contributed by atoms with Crippen molar-refractivity contribution in [2.45, 2.75) is 32.1 Å². The summed E-state index contributed by atoms with van der Waals surface area (Å²) in [5.74, 6) is -0.0860. The van der Waals surface area contributed by atoms with E-state index in [0.717, 1.165) is 6.04 Å². The van der Waals surface area contributed by atoms with Crippen molar-refractivity contribution < 1.29 is 13.0 Å². The second-order valence-electron chi connectivity index (χ2n) is 3.95. The van der Waals surface area contributed by atoms with Gasteiger partial charge < -0.3 is 0 Å². The molecule has 7 heteroatoms. The molecule has 0 atom stereocenters. The summed E-state index contributed by atoms with van der Waals surface area (Å²) < 4.78 is 29.0. The van der Waals surface area contributed by atoms with Gasteiger partial charge in [0.2, 0.25) is 0 Å². The van der Waals surface area contributed by atoms with Crippen LogP contribution in [0.4, 0.5) is 0 Å². The van der Waals surface area contributed by atoms with Gasteiger partial charge in [0.25, 0.3) is 10.1 Å². The molecule has 0 spiro atoms. The van der Waals surface area contributed by atoms with Crippen LogP contribution in [0.3, 0.4) is 0 Å². The van der Waals surface area contributed by atoms with E-state index in [1.54, 1.807) is 0 Å². The summed E-state index contributed by atoms with van der Waals surface area (Å²) in [4.78, 5) is 0. The molecule has 0 aliphatic carbocycles. The van der Waals surface area contributed by atoms with Crippen LogP contribution in [0.25, 0.3) is 0 Å². The van der Waals surface area contributed by atoms with Crippen molar-refractivity contribution in [2.75, 3.05) is 5.75 Å². The molecule has 0 fully saturated rings. The van der Waals surface area contributed by atoms with Crippen LogP contribution in [-0.2, 0) is 10.1 Å². The van der Waals surface area contributed by atoms with E-state index in [9.17, 15) is 8.42 Å². The first-order chi connectivity index (χ1) is 4.71. The van der Waals surface area contributed by atoms with Crippen molar-refractivity contribution in [1.82, 2.24) is 0 Å². The third-order valence-electron chi connectivity index (χ3n) is 1.33. The average molecular weight is 244 g/mol. The van der Waals surface area contributed by atoms with Crippen molar-refractivity contribution in [3.63, 3.8) is 0 Å². The van der Waals surface area contributed by atoms with E-state index >= 15 is 0 Å². The van der Waals surface area contributed by atoms with Gasteiger partial charge in [-0.1, -0.05) is 25.7 Å². The summed E-state index contributed by atoms with van der Waals surface area (Å²) in [5, 5.41) is 0. The zero-order valence-electron chi connectivity index (χ0n) is 7.29. The number of hydrogen-bond acceptors (Lipinski definition) is 2. The third kappa shape index (κ3) is 20.3. The van der Waals surface area contributed by atoms with Crippen LogP contribution in [0.5, 0.6) is 0 Å². The molecule has 0 unspecified atom stereocenters. The molecule has 0 aliphatic rings. The minimum atomic E-state index is -3.72. The summed E-state index contributed by atoms with van der Waals surface area (Å²) in [6.07, 6.45) is 0.592. The third-order valence-corrected chi connectivity index (χ3v) is 3.99. The summed E-state index contributed by atoms with van der Waals surface area (Å²) >= 11 is 0. The molecule has 0 aliphatic heterocycles. The predicted octanol–water partition coefficient (Wildman–Crippen LogP) is 0.305. The van der Waals surface area contributed by atoms with Gasteiger partial charge in [0.05, 0.1) is 5.75 Å². The standard InChI is InChI=1S/C6H16O3SSi.2Na.2H/c1-11(2,3)6-4-5-10(7,8)9;;;;/h4-6H2,1-3H3,(H,7,8,9);;;;. The van der Waals surface area contributed by atoms with E-state index in [0.29, 0.717) is 6.42 Å². The first-order valence-corrected chi connectivity index (χ1v) is 8.97. The summed E-state index contributed by atoms with van der Waals surface area (Å²) in [7, 11) is -4.86. The Labute approximate surface area is 126 Å². The maximum atomic E-state index is 10.3. The second-order valence-corrected chi connectivity index (χ2v) is 11.1. The van der Waals surface area contributed by atoms with Crippen LogP contribution in [0.1, 0.15) is 6.42 Å². The van der Waals surface area contributed by atoms with Crippen molar-refractivity contribution >= 4 is 77.3 Å². The van der Waals surface area contributed by atoms with E-state index in [2.05, 4.69) is 19.6 Å². The molecule has 0 aromatic carbocycles. The fourth-order valence-electron chi connectivity index (χ4n) is 0.785. The Bertz CT molecular complexity index is 210. The minimum absolute atomic E-state index is 0. The molecule has 13 heavy (non-hydrogen) atoms. The van der Waals surface area contributed by atoms with Crippen molar-refractivity contribution in [3.05, 3.63) is 0 Å². The van der Waals surface area contributed by atoms with Gasteiger partial charge in [-0.25, -0.2) is 0 Å². The molecular formula is C6H18Na2O3SSi. The van der Waals surface area contributed by atoms with Crippen LogP contribution in [0.2, 0.25) is 25.7 Å². The van der Waals surface area contributed by atoms with E-state index in [1.807, 2.05) is 0 Å². The molecule has 0 aromatic rings. The Kier molecular flexibility index (Phi) is 13.1. The van der Waals surface area contributed by atoms with Gasteiger partial charge in [0, 0.05) is 8.07 Å². The Morgan fingerprint density at radius 3 is 1.77 bits per heavy atom. The fraction of sp³-hybridized carbons (Fsp3) is 1.00. The topological polar surface area (TPSA) is 54.4 Å². The van der Waals surface area contributed by atoms with Gasteiger partial charge in [-0.15, -0.1) is 0 Å². The fourth-order valence-corrected chi connectivity index (χ4v) is 2.79. The molecule has 0 amide bonds. The second kappa shape index (κ2) is 8.30. The molecule has 0 radical (unpaired) electrons. The molecule has 0 rings (SSSR count). The van der Waals surface area contributed by atoms with E-state index in [-0.39, 0.29) is 64.9 Å². The number of rotatable bonds is 4. The van der Waals surface area contributed by atoms with Crippen LogP contribution >= 0.6 is 0 Å². The van der Waals surface area contributed by atoms with Crippen LogP contribution < -0.4 is 0 Å². The van der Waals surface area contributed by atoms with Crippen LogP contribution in [-0.4, -0.2) is 85.9 Å². The molecule has 0 saturated heterocycles. The zero-order valence-corrected chi connectivity index (χ0v) is 9.11. The van der Waals surface area contributed by atoms with Gasteiger partial charge >= 0.3 is 59.1 Å². The molecule has 3 nitrogen and oxygen atoms in total. The molecule has 0 aromatic heterocycles. The van der Waals surface area contributed by atoms with Crippen LogP contribution in [0.15, 0.2) is 0 Å². The maximum absolute atomic E-state index is 10.3. The van der Waals surface area contributed by atoms with Gasteiger partial charge in [0.15, 0.2) is 0 Å². The van der Waals surface area contributed by atoms with Gasteiger partial charge in [-0.2, -0.15) is 8.42 Å². The quantitative estimate of drug-likeness (QED) is 0.572.